The highest BCUT2D eigenvalue weighted by atomic mass is 16.3. The summed E-state index contributed by atoms with van der Waals surface area (Å²) in [4.78, 5) is 0. The second-order valence-corrected chi connectivity index (χ2v) is 4.83. The van der Waals surface area contributed by atoms with Gasteiger partial charge in [0.1, 0.15) is 5.75 Å². The Hall–Kier alpha value is -0.980. The molecule has 1 aromatic carbocycles. The zero-order chi connectivity index (χ0) is 11.5. The Labute approximate surface area is 93.1 Å². The maximum absolute atomic E-state index is 9.50. The zero-order valence-corrected chi connectivity index (χ0v) is 10.3. The van der Waals surface area contributed by atoms with E-state index in [4.69, 9.17) is 0 Å². The van der Waals surface area contributed by atoms with Gasteiger partial charge in [-0.3, -0.25) is 0 Å². The Morgan fingerprint density at radius 2 is 1.87 bits per heavy atom. The molecule has 0 aliphatic heterocycles. The first kappa shape index (κ1) is 12.1. The van der Waals surface area contributed by atoms with Crippen LogP contribution in [0.15, 0.2) is 18.2 Å². The molecule has 0 aliphatic carbocycles. The molecule has 0 spiro atoms. The van der Waals surface area contributed by atoms with E-state index >= 15 is 0 Å². The average Bonchev–Trinajstić information content (AvgIpc) is 2.18. The van der Waals surface area contributed by atoms with Crippen LogP contribution in [0.4, 0.5) is 0 Å². The van der Waals surface area contributed by atoms with Gasteiger partial charge in [0, 0.05) is 0 Å². The molecule has 0 fully saturated rings. The van der Waals surface area contributed by atoms with Gasteiger partial charge in [0.05, 0.1) is 0 Å². The average molecular weight is 206 g/mol. The van der Waals surface area contributed by atoms with E-state index in [9.17, 15) is 5.11 Å². The van der Waals surface area contributed by atoms with Gasteiger partial charge in [0.15, 0.2) is 0 Å². The molecule has 1 nitrogen and oxygen atoms in total. The van der Waals surface area contributed by atoms with Crippen LogP contribution in [0.3, 0.4) is 0 Å². The molecule has 1 aromatic rings. The minimum atomic E-state index is 0.207. The fraction of sp³-hybridized carbons (Fsp3) is 0.571. The zero-order valence-electron chi connectivity index (χ0n) is 10.3. The number of hydrogen-bond donors (Lipinski definition) is 1. The van der Waals surface area contributed by atoms with Crippen molar-refractivity contribution in [2.45, 2.75) is 52.4 Å². The third-order valence-electron chi connectivity index (χ3n) is 3.22. The van der Waals surface area contributed by atoms with Crippen LogP contribution in [-0.4, -0.2) is 5.11 Å². The van der Waals surface area contributed by atoms with Gasteiger partial charge in [-0.2, -0.15) is 0 Å². The van der Waals surface area contributed by atoms with Crippen molar-refractivity contribution in [3.8, 4) is 5.75 Å². The second-order valence-electron chi connectivity index (χ2n) is 4.83. The van der Waals surface area contributed by atoms with Crippen molar-refractivity contribution in [1.82, 2.24) is 0 Å². The predicted octanol–water partition coefficient (Wildman–Crippen LogP) is 4.03. The highest BCUT2D eigenvalue weighted by Gasteiger charge is 2.21. The van der Waals surface area contributed by atoms with Crippen molar-refractivity contribution in [3.05, 3.63) is 29.3 Å². The first-order valence-electron chi connectivity index (χ1n) is 5.83. The lowest BCUT2D eigenvalue weighted by molar-refractivity contribution is 0.468. The molecule has 1 N–H and O–H groups in total. The van der Waals surface area contributed by atoms with Crippen LogP contribution in [0, 0.1) is 0 Å². The molecule has 0 saturated heterocycles. The first-order valence-corrected chi connectivity index (χ1v) is 5.83. The summed E-state index contributed by atoms with van der Waals surface area (Å²) in [6, 6.07) is 5.78. The second kappa shape index (κ2) is 4.69. The molecular formula is C14H22O. The lowest BCUT2D eigenvalue weighted by Gasteiger charge is -2.26. The molecule has 0 aromatic heterocycles. The van der Waals surface area contributed by atoms with Gasteiger partial charge in [0.25, 0.3) is 0 Å². The van der Waals surface area contributed by atoms with Gasteiger partial charge in [-0.25, -0.2) is 0 Å². The Bertz CT molecular complexity index is 326. The molecule has 0 heterocycles. The number of phenols is 1. The molecular weight excluding hydrogens is 184 g/mol. The minimum Gasteiger partial charge on any atom is -0.508 e. The maximum Gasteiger partial charge on any atom is 0.115 e. The molecule has 15 heavy (non-hydrogen) atoms. The predicted molar refractivity (Wildman–Crippen MR) is 65.4 cm³/mol. The van der Waals surface area contributed by atoms with Crippen LogP contribution in [0.1, 0.15) is 51.7 Å². The van der Waals surface area contributed by atoms with Gasteiger partial charge >= 0.3 is 0 Å². The molecule has 1 heteroatoms. The molecule has 84 valence electrons. The summed E-state index contributed by atoms with van der Waals surface area (Å²) in [5, 5.41) is 9.50. The minimum absolute atomic E-state index is 0.207. The van der Waals surface area contributed by atoms with E-state index in [-0.39, 0.29) is 5.41 Å². The number of phenolic OH excluding ortho intramolecular Hbond substituents is 1. The van der Waals surface area contributed by atoms with E-state index in [1.54, 1.807) is 6.07 Å². The fourth-order valence-electron chi connectivity index (χ4n) is 1.91. The molecule has 0 radical (unpaired) electrons. The smallest absolute Gasteiger partial charge is 0.115 e. The number of benzene rings is 1. The van der Waals surface area contributed by atoms with Crippen molar-refractivity contribution in [2.75, 3.05) is 0 Å². The van der Waals surface area contributed by atoms with Crippen molar-refractivity contribution < 1.29 is 5.11 Å². The quantitative estimate of drug-likeness (QED) is 0.788. The Kier molecular flexibility index (Phi) is 3.78. The molecule has 0 aliphatic rings. The van der Waals surface area contributed by atoms with Gasteiger partial charge in [-0.15, -0.1) is 0 Å². The number of aryl methyl sites for hydroxylation is 1. The van der Waals surface area contributed by atoms with Crippen LogP contribution in [0.25, 0.3) is 0 Å². The summed E-state index contributed by atoms with van der Waals surface area (Å²) in [6.45, 7) is 8.91. The largest absolute Gasteiger partial charge is 0.508 e. The van der Waals surface area contributed by atoms with Crippen molar-refractivity contribution >= 4 is 0 Å². The van der Waals surface area contributed by atoms with Gasteiger partial charge in [-0.1, -0.05) is 40.2 Å². The van der Waals surface area contributed by atoms with E-state index in [2.05, 4.69) is 33.8 Å². The van der Waals surface area contributed by atoms with Crippen molar-refractivity contribution in [3.63, 3.8) is 0 Å². The van der Waals surface area contributed by atoms with Crippen LogP contribution in [0.5, 0.6) is 5.75 Å². The molecule has 1 rings (SSSR count). The molecule has 0 unspecified atom stereocenters. The Morgan fingerprint density at radius 1 is 1.20 bits per heavy atom. The highest BCUT2D eigenvalue weighted by molar-refractivity contribution is 5.39. The highest BCUT2D eigenvalue weighted by Crippen LogP contribution is 2.32. The third kappa shape index (κ3) is 2.74. The molecule has 0 amide bonds. The monoisotopic (exact) mass is 206 g/mol. The molecule has 0 saturated carbocycles. The van der Waals surface area contributed by atoms with Crippen molar-refractivity contribution in [2.24, 2.45) is 0 Å². The summed E-state index contributed by atoms with van der Waals surface area (Å²) in [5.74, 6) is 0.383. The van der Waals surface area contributed by atoms with Crippen molar-refractivity contribution in [1.29, 1.82) is 0 Å². The van der Waals surface area contributed by atoms with Crippen LogP contribution < -0.4 is 0 Å². The SMILES string of the molecule is CCCc1cc(O)ccc1C(C)(C)CC. The lowest BCUT2D eigenvalue weighted by atomic mass is 9.79. The van der Waals surface area contributed by atoms with Gasteiger partial charge in [0.2, 0.25) is 0 Å². The molecule has 0 bridgehead atoms. The summed E-state index contributed by atoms with van der Waals surface area (Å²) < 4.78 is 0. The summed E-state index contributed by atoms with van der Waals surface area (Å²) in [6.07, 6.45) is 3.29. The number of aromatic hydroxyl groups is 1. The molecule has 0 atom stereocenters. The van der Waals surface area contributed by atoms with Crippen LogP contribution in [0.2, 0.25) is 0 Å². The summed E-state index contributed by atoms with van der Waals surface area (Å²) in [5.41, 5.74) is 2.88. The van der Waals surface area contributed by atoms with Crippen LogP contribution in [-0.2, 0) is 11.8 Å². The summed E-state index contributed by atoms with van der Waals surface area (Å²) in [7, 11) is 0. The normalized spacial score (nSPS) is 11.7. The lowest BCUT2D eigenvalue weighted by Crippen LogP contribution is -2.17. The summed E-state index contributed by atoms with van der Waals surface area (Å²) >= 11 is 0. The van der Waals surface area contributed by atoms with Gasteiger partial charge < -0.3 is 5.11 Å². The number of rotatable bonds is 4. The van der Waals surface area contributed by atoms with E-state index in [0.29, 0.717) is 5.75 Å². The maximum atomic E-state index is 9.50. The fourth-order valence-corrected chi connectivity index (χ4v) is 1.91. The van der Waals surface area contributed by atoms with E-state index in [1.165, 1.54) is 11.1 Å². The standard InChI is InChI=1S/C14H22O/c1-5-7-11-10-12(15)8-9-13(11)14(3,4)6-2/h8-10,15H,5-7H2,1-4H3. The Morgan fingerprint density at radius 3 is 2.40 bits per heavy atom. The number of hydrogen-bond acceptors (Lipinski definition) is 1. The van der Waals surface area contributed by atoms with E-state index in [1.807, 2.05) is 6.07 Å². The van der Waals surface area contributed by atoms with Gasteiger partial charge in [-0.05, 0) is 41.5 Å². The van der Waals surface area contributed by atoms with Crippen LogP contribution >= 0.6 is 0 Å². The Balaban J connectivity index is 3.16. The van der Waals surface area contributed by atoms with E-state index < -0.39 is 0 Å². The first-order chi connectivity index (χ1) is 7.01. The third-order valence-corrected chi connectivity index (χ3v) is 3.22. The topological polar surface area (TPSA) is 20.2 Å². The van der Waals surface area contributed by atoms with E-state index in [0.717, 1.165) is 19.3 Å².